The Morgan fingerprint density at radius 2 is 1.90 bits per heavy atom. The van der Waals surface area contributed by atoms with Gasteiger partial charge in [-0.25, -0.2) is 0 Å². The number of methoxy groups -OCH3 is 1. The molecule has 0 spiro atoms. The topological polar surface area (TPSA) is 50.8 Å². The van der Waals surface area contributed by atoms with E-state index >= 15 is 0 Å². The van der Waals surface area contributed by atoms with Crippen molar-refractivity contribution in [2.24, 2.45) is 5.92 Å². The van der Waals surface area contributed by atoms with Gasteiger partial charge in [0, 0.05) is 32.8 Å². The summed E-state index contributed by atoms with van der Waals surface area (Å²) in [4.78, 5) is 14.6. The zero-order valence-corrected chi connectivity index (χ0v) is 14.9. The lowest BCUT2D eigenvalue weighted by Crippen LogP contribution is -2.60. The van der Waals surface area contributed by atoms with E-state index in [0.717, 1.165) is 13.1 Å². The highest BCUT2D eigenvalue weighted by atomic mass is 16.5. The minimum atomic E-state index is -0.702. The van der Waals surface area contributed by atoms with Crippen LogP contribution in [0.25, 0.3) is 0 Å². The monoisotopic (exact) mass is 302 g/mol. The van der Waals surface area contributed by atoms with Crippen molar-refractivity contribution in [2.75, 3.05) is 40.0 Å². The lowest BCUT2D eigenvalue weighted by Gasteiger charge is -2.36. The van der Waals surface area contributed by atoms with Gasteiger partial charge in [-0.15, -0.1) is 0 Å². The Morgan fingerprint density at radius 3 is 2.33 bits per heavy atom. The van der Waals surface area contributed by atoms with Crippen molar-refractivity contribution < 1.29 is 14.3 Å². The number of ether oxygens (including phenoxy) is 2. The summed E-state index contributed by atoms with van der Waals surface area (Å²) in [6, 6.07) is 0.211. The minimum Gasteiger partial charge on any atom is -0.465 e. The van der Waals surface area contributed by atoms with Gasteiger partial charge in [-0.3, -0.25) is 15.0 Å². The molecule has 5 nitrogen and oxygen atoms in total. The molecule has 126 valence electrons. The number of carbonyl (C=O) groups excluding carboxylic acids is 1. The summed E-state index contributed by atoms with van der Waals surface area (Å²) in [6.07, 6.45) is 0. The molecule has 0 saturated carbocycles. The summed E-state index contributed by atoms with van der Waals surface area (Å²) >= 11 is 0. The van der Waals surface area contributed by atoms with Crippen LogP contribution in [-0.4, -0.2) is 62.4 Å². The standard InChI is InChI=1S/C16H34N2O3/c1-8-21-15(19)16(6,17-14(4)5)12-18(9-10-20-7)11-13(2)3/h13-14,17H,8-12H2,1-7H3. The molecular formula is C16H34N2O3. The van der Waals surface area contributed by atoms with Gasteiger partial charge in [0.05, 0.1) is 13.2 Å². The Hall–Kier alpha value is -0.650. The molecule has 0 aliphatic carbocycles. The van der Waals surface area contributed by atoms with Gasteiger partial charge >= 0.3 is 5.97 Å². The molecule has 1 unspecified atom stereocenters. The molecule has 0 fully saturated rings. The van der Waals surface area contributed by atoms with E-state index in [0.29, 0.717) is 25.7 Å². The van der Waals surface area contributed by atoms with Crippen molar-refractivity contribution in [3.05, 3.63) is 0 Å². The quantitative estimate of drug-likeness (QED) is 0.591. The normalized spacial score (nSPS) is 14.8. The first kappa shape index (κ1) is 20.3. The third kappa shape index (κ3) is 8.39. The Bertz CT molecular complexity index is 295. The van der Waals surface area contributed by atoms with Gasteiger partial charge in [0.2, 0.25) is 0 Å². The van der Waals surface area contributed by atoms with Gasteiger partial charge in [0.15, 0.2) is 0 Å². The predicted molar refractivity (Wildman–Crippen MR) is 86.5 cm³/mol. The van der Waals surface area contributed by atoms with Gasteiger partial charge in [-0.2, -0.15) is 0 Å². The van der Waals surface area contributed by atoms with Gasteiger partial charge in [-0.1, -0.05) is 13.8 Å². The fraction of sp³-hybridized carbons (Fsp3) is 0.938. The maximum atomic E-state index is 12.4. The number of esters is 1. The van der Waals surface area contributed by atoms with Crippen LogP contribution in [0.3, 0.4) is 0 Å². The average Bonchev–Trinajstić information content (AvgIpc) is 2.34. The van der Waals surface area contributed by atoms with Crippen molar-refractivity contribution in [2.45, 2.75) is 53.1 Å². The first-order chi connectivity index (χ1) is 9.75. The molecule has 5 heteroatoms. The summed E-state index contributed by atoms with van der Waals surface area (Å²) in [5, 5.41) is 3.36. The molecule has 0 aromatic rings. The number of carbonyl (C=O) groups is 1. The third-order valence-corrected chi connectivity index (χ3v) is 3.11. The molecule has 0 aliphatic heterocycles. The van der Waals surface area contributed by atoms with E-state index in [4.69, 9.17) is 9.47 Å². The molecule has 0 rings (SSSR count). The summed E-state index contributed by atoms with van der Waals surface area (Å²) in [5.41, 5.74) is -0.702. The van der Waals surface area contributed by atoms with E-state index in [1.165, 1.54) is 0 Å². The van der Waals surface area contributed by atoms with Crippen LogP contribution in [0.2, 0.25) is 0 Å². The van der Waals surface area contributed by atoms with Crippen LogP contribution in [0.4, 0.5) is 0 Å². The van der Waals surface area contributed by atoms with Crippen LogP contribution in [-0.2, 0) is 14.3 Å². The molecule has 0 aliphatic rings. The van der Waals surface area contributed by atoms with E-state index < -0.39 is 5.54 Å². The van der Waals surface area contributed by atoms with Gasteiger partial charge < -0.3 is 9.47 Å². The number of rotatable bonds is 11. The zero-order valence-electron chi connectivity index (χ0n) is 14.9. The first-order valence-electron chi connectivity index (χ1n) is 7.91. The van der Waals surface area contributed by atoms with E-state index in [-0.39, 0.29) is 12.0 Å². The number of nitrogens with zero attached hydrogens (tertiary/aromatic N) is 1. The molecule has 1 N–H and O–H groups in total. The van der Waals surface area contributed by atoms with E-state index in [2.05, 4.69) is 24.1 Å². The van der Waals surface area contributed by atoms with Crippen molar-refractivity contribution in [3.8, 4) is 0 Å². The van der Waals surface area contributed by atoms with Crippen molar-refractivity contribution >= 4 is 5.97 Å². The molecule has 0 saturated heterocycles. The SMILES string of the molecule is CCOC(=O)C(C)(CN(CCOC)CC(C)C)NC(C)C. The lowest BCUT2D eigenvalue weighted by molar-refractivity contribution is -0.151. The summed E-state index contributed by atoms with van der Waals surface area (Å²) in [6.45, 7) is 15.6. The Balaban J connectivity index is 4.96. The van der Waals surface area contributed by atoms with Crippen molar-refractivity contribution in [1.82, 2.24) is 10.2 Å². The Labute approximate surface area is 130 Å². The highest BCUT2D eigenvalue weighted by Gasteiger charge is 2.37. The van der Waals surface area contributed by atoms with Gasteiger partial charge in [0.1, 0.15) is 5.54 Å². The smallest absolute Gasteiger partial charge is 0.327 e. The van der Waals surface area contributed by atoms with Crippen LogP contribution >= 0.6 is 0 Å². The van der Waals surface area contributed by atoms with Crippen LogP contribution < -0.4 is 5.32 Å². The maximum absolute atomic E-state index is 12.4. The van der Waals surface area contributed by atoms with E-state index in [9.17, 15) is 4.79 Å². The largest absolute Gasteiger partial charge is 0.465 e. The third-order valence-electron chi connectivity index (χ3n) is 3.11. The fourth-order valence-electron chi connectivity index (χ4n) is 2.52. The molecule has 21 heavy (non-hydrogen) atoms. The zero-order chi connectivity index (χ0) is 16.5. The van der Waals surface area contributed by atoms with Crippen LogP contribution in [0.5, 0.6) is 0 Å². The maximum Gasteiger partial charge on any atom is 0.327 e. The minimum absolute atomic E-state index is 0.190. The molecular weight excluding hydrogens is 268 g/mol. The van der Waals surface area contributed by atoms with Crippen molar-refractivity contribution in [3.63, 3.8) is 0 Å². The van der Waals surface area contributed by atoms with Crippen LogP contribution in [0, 0.1) is 5.92 Å². The fourth-order valence-corrected chi connectivity index (χ4v) is 2.52. The molecule has 0 radical (unpaired) electrons. The molecule has 0 heterocycles. The van der Waals surface area contributed by atoms with Crippen LogP contribution in [0.15, 0.2) is 0 Å². The molecule has 0 aromatic carbocycles. The molecule has 1 atom stereocenters. The predicted octanol–water partition coefficient (Wildman–Crippen LogP) is 1.91. The number of nitrogens with one attached hydrogen (secondary N) is 1. The summed E-state index contributed by atoms with van der Waals surface area (Å²) < 4.78 is 10.4. The molecule has 0 aromatic heterocycles. The lowest BCUT2D eigenvalue weighted by atomic mass is 9.99. The summed E-state index contributed by atoms with van der Waals surface area (Å²) in [7, 11) is 1.70. The van der Waals surface area contributed by atoms with E-state index in [1.54, 1.807) is 7.11 Å². The Morgan fingerprint density at radius 1 is 1.29 bits per heavy atom. The van der Waals surface area contributed by atoms with Gasteiger partial charge in [0.25, 0.3) is 0 Å². The number of hydrogen-bond acceptors (Lipinski definition) is 5. The van der Waals surface area contributed by atoms with Crippen molar-refractivity contribution in [1.29, 1.82) is 0 Å². The second-order valence-corrected chi connectivity index (χ2v) is 6.47. The molecule has 0 amide bonds. The first-order valence-corrected chi connectivity index (χ1v) is 7.91. The highest BCUT2D eigenvalue weighted by molar-refractivity contribution is 5.80. The van der Waals surface area contributed by atoms with E-state index in [1.807, 2.05) is 27.7 Å². The second-order valence-electron chi connectivity index (χ2n) is 6.47. The molecule has 0 bridgehead atoms. The summed E-state index contributed by atoms with van der Waals surface area (Å²) in [5.74, 6) is 0.345. The average molecular weight is 302 g/mol. The second kappa shape index (κ2) is 10.1. The van der Waals surface area contributed by atoms with Gasteiger partial charge in [-0.05, 0) is 33.6 Å². The van der Waals surface area contributed by atoms with Crippen LogP contribution in [0.1, 0.15) is 41.5 Å². The Kier molecular flexibility index (Phi) is 9.83. The highest BCUT2D eigenvalue weighted by Crippen LogP contribution is 2.13. The number of hydrogen-bond donors (Lipinski definition) is 1.